The molecule has 1 aliphatic carbocycles. The molecular formula is C16H20N2O3. The molecule has 0 spiro atoms. The Labute approximate surface area is 123 Å². The van der Waals surface area contributed by atoms with E-state index in [0.717, 1.165) is 49.1 Å². The molecule has 0 radical (unpaired) electrons. The molecule has 1 aromatic carbocycles. The number of hydrogen-bond acceptors (Lipinski definition) is 3. The first-order valence-electron chi connectivity index (χ1n) is 7.48. The van der Waals surface area contributed by atoms with Gasteiger partial charge in [0.15, 0.2) is 0 Å². The number of aliphatic hydroxyl groups is 1. The Bertz CT molecular complexity index is 671. The van der Waals surface area contributed by atoms with Crippen LogP contribution >= 0.6 is 0 Å². The number of benzene rings is 1. The van der Waals surface area contributed by atoms with Gasteiger partial charge in [0.2, 0.25) is 0 Å². The Morgan fingerprint density at radius 1 is 1.48 bits per heavy atom. The summed E-state index contributed by atoms with van der Waals surface area (Å²) in [6, 6.07) is 5.13. The molecule has 1 aromatic heterocycles. The van der Waals surface area contributed by atoms with Gasteiger partial charge in [-0.2, -0.15) is 0 Å². The Morgan fingerprint density at radius 2 is 2.24 bits per heavy atom. The van der Waals surface area contributed by atoms with Crippen LogP contribution in [0.25, 0.3) is 11.0 Å². The second kappa shape index (κ2) is 5.48. The molecule has 1 heterocycles. The predicted molar refractivity (Wildman–Crippen MR) is 79.6 cm³/mol. The zero-order chi connectivity index (χ0) is 15.0. The van der Waals surface area contributed by atoms with Crippen LogP contribution < -0.4 is 0 Å². The van der Waals surface area contributed by atoms with Crippen molar-refractivity contribution >= 4 is 17.0 Å². The average molecular weight is 288 g/mol. The number of aromatic nitrogens is 2. The molecule has 1 saturated carbocycles. The van der Waals surface area contributed by atoms with Gasteiger partial charge in [-0.1, -0.05) is 0 Å². The van der Waals surface area contributed by atoms with E-state index in [1.165, 1.54) is 0 Å². The van der Waals surface area contributed by atoms with E-state index in [1.54, 1.807) is 19.1 Å². The molecule has 2 aromatic rings. The summed E-state index contributed by atoms with van der Waals surface area (Å²) in [6.07, 6.45) is 3.68. The molecule has 0 bridgehead atoms. The van der Waals surface area contributed by atoms with Crippen molar-refractivity contribution in [3.05, 3.63) is 29.6 Å². The summed E-state index contributed by atoms with van der Waals surface area (Å²) in [5.41, 5.74) is 2.03. The van der Waals surface area contributed by atoms with E-state index in [0.29, 0.717) is 5.92 Å². The van der Waals surface area contributed by atoms with Gasteiger partial charge in [-0.3, -0.25) is 0 Å². The fraction of sp³-hybridized carbons (Fsp3) is 0.500. The first-order valence-corrected chi connectivity index (χ1v) is 7.48. The molecule has 1 aliphatic rings. The van der Waals surface area contributed by atoms with E-state index in [4.69, 9.17) is 5.11 Å². The van der Waals surface area contributed by atoms with Gasteiger partial charge in [0.05, 0.1) is 22.7 Å². The van der Waals surface area contributed by atoms with Crippen molar-refractivity contribution in [1.29, 1.82) is 0 Å². The predicted octanol–water partition coefficient (Wildman–Crippen LogP) is 2.77. The zero-order valence-corrected chi connectivity index (χ0v) is 12.1. The largest absolute Gasteiger partial charge is 0.478 e. The van der Waals surface area contributed by atoms with E-state index in [1.807, 2.05) is 6.07 Å². The molecule has 1 unspecified atom stereocenters. The number of fused-ring (bicyclic) bond motifs is 1. The van der Waals surface area contributed by atoms with Crippen molar-refractivity contribution in [2.24, 2.45) is 0 Å². The van der Waals surface area contributed by atoms with Crippen LogP contribution in [0.1, 0.15) is 54.7 Å². The first-order chi connectivity index (χ1) is 10.1. The molecule has 5 nitrogen and oxygen atoms in total. The Kier molecular flexibility index (Phi) is 3.68. The fourth-order valence-corrected chi connectivity index (χ4v) is 2.71. The highest BCUT2D eigenvalue weighted by atomic mass is 16.4. The maximum atomic E-state index is 11.1. The van der Waals surface area contributed by atoms with E-state index >= 15 is 0 Å². The second-order valence-corrected chi connectivity index (χ2v) is 5.90. The van der Waals surface area contributed by atoms with Gasteiger partial charge in [-0.15, -0.1) is 0 Å². The van der Waals surface area contributed by atoms with Crippen LogP contribution in [0.5, 0.6) is 0 Å². The van der Waals surface area contributed by atoms with Gasteiger partial charge in [-0.05, 0) is 50.8 Å². The smallest absolute Gasteiger partial charge is 0.335 e. The molecule has 112 valence electrons. The highest BCUT2D eigenvalue weighted by Gasteiger charge is 2.29. The molecule has 2 N–H and O–H groups in total. The Morgan fingerprint density at radius 3 is 2.86 bits per heavy atom. The molecular weight excluding hydrogens is 268 g/mol. The van der Waals surface area contributed by atoms with E-state index in [9.17, 15) is 9.90 Å². The number of aliphatic hydroxyl groups excluding tert-OH is 1. The monoisotopic (exact) mass is 288 g/mol. The number of carboxylic acid groups (broad SMARTS) is 1. The summed E-state index contributed by atoms with van der Waals surface area (Å²) < 4.78 is 2.20. The minimum atomic E-state index is -0.923. The van der Waals surface area contributed by atoms with Gasteiger partial charge in [0.25, 0.3) is 0 Å². The third-order valence-corrected chi connectivity index (χ3v) is 3.97. The molecule has 3 rings (SSSR count). The van der Waals surface area contributed by atoms with Crippen molar-refractivity contribution in [3.63, 3.8) is 0 Å². The molecule has 1 fully saturated rings. The number of hydrogen-bond donors (Lipinski definition) is 2. The molecule has 21 heavy (non-hydrogen) atoms. The van der Waals surface area contributed by atoms with Crippen LogP contribution in [0.15, 0.2) is 18.2 Å². The van der Waals surface area contributed by atoms with Crippen molar-refractivity contribution in [1.82, 2.24) is 9.55 Å². The van der Waals surface area contributed by atoms with Gasteiger partial charge >= 0.3 is 5.97 Å². The molecule has 1 atom stereocenters. The average Bonchev–Trinajstić information content (AvgIpc) is 3.21. The summed E-state index contributed by atoms with van der Waals surface area (Å²) in [5, 5.41) is 18.5. The second-order valence-electron chi connectivity index (χ2n) is 5.90. The Hall–Kier alpha value is -1.88. The molecule has 5 heteroatoms. The van der Waals surface area contributed by atoms with Crippen molar-refractivity contribution in [2.45, 2.75) is 51.2 Å². The van der Waals surface area contributed by atoms with Crippen molar-refractivity contribution < 1.29 is 15.0 Å². The number of nitrogens with zero attached hydrogens (tertiary/aromatic N) is 2. The lowest BCUT2D eigenvalue weighted by Crippen LogP contribution is -2.06. The maximum absolute atomic E-state index is 11.1. The topological polar surface area (TPSA) is 75.3 Å². The van der Waals surface area contributed by atoms with Crippen LogP contribution in [0.3, 0.4) is 0 Å². The van der Waals surface area contributed by atoms with Gasteiger partial charge in [-0.25, -0.2) is 9.78 Å². The summed E-state index contributed by atoms with van der Waals surface area (Å²) in [6.45, 7) is 2.62. The molecule has 0 aliphatic heterocycles. The minimum Gasteiger partial charge on any atom is -0.478 e. The van der Waals surface area contributed by atoms with Crippen LogP contribution in [0.4, 0.5) is 0 Å². The van der Waals surface area contributed by atoms with Crippen LogP contribution in [0, 0.1) is 0 Å². The summed E-state index contributed by atoms with van der Waals surface area (Å²) in [7, 11) is 0. The first kappa shape index (κ1) is 14.1. The van der Waals surface area contributed by atoms with Gasteiger partial charge in [0, 0.05) is 12.5 Å². The summed E-state index contributed by atoms with van der Waals surface area (Å²) in [5.74, 6) is 0.656. The van der Waals surface area contributed by atoms with Crippen LogP contribution in [-0.4, -0.2) is 31.8 Å². The SMILES string of the molecule is CC(O)CCCn1c(C2CC2)nc2cc(C(=O)O)ccc21. The van der Waals surface area contributed by atoms with Crippen molar-refractivity contribution in [3.8, 4) is 0 Å². The number of imidazole rings is 1. The van der Waals surface area contributed by atoms with Gasteiger partial charge < -0.3 is 14.8 Å². The van der Waals surface area contributed by atoms with Crippen LogP contribution in [0.2, 0.25) is 0 Å². The third kappa shape index (κ3) is 2.93. The standard InChI is InChI=1S/C16H20N2O3/c1-10(19)3-2-8-18-14-7-6-12(16(20)21)9-13(14)17-15(18)11-4-5-11/h6-7,9-11,19H,2-5,8H2,1H3,(H,20,21). The third-order valence-electron chi connectivity index (χ3n) is 3.97. The quantitative estimate of drug-likeness (QED) is 0.857. The fourth-order valence-electron chi connectivity index (χ4n) is 2.71. The van der Waals surface area contributed by atoms with Crippen LogP contribution in [-0.2, 0) is 6.54 Å². The lowest BCUT2D eigenvalue weighted by molar-refractivity contribution is 0.0697. The lowest BCUT2D eigenvalue weighted by Gasteiger charge is -2.09. The number of carbonyl (C=O) groups is 1. The van der Waals surface area contributed by atoms with E-state index in [2.05, 4.69) is 9.55 Å². The Balaban J connectivity index is 1.95. The van der Waals surface area contributed by atoms with E-state index in [-0.39, 0.29) is 11.7 Å². The normalized spacial score (nSPS) is 16.3. The summed E-state index contributed by atoms with van der Waals surface area (Å²) >= 11 is 0. The highest BCUT2D eigenvalue weighted by molar-refractivity contribution is 5.92. The van der Waals surface area contributed by atoms with Crippen molar-refractivity contribution in [2.75, 3.05) is 0 Å². The number of aryl methyl sites for hydroxylation is 1. The number of carboxylic acids is 1. The van der Waals surface area contributed by atoms with E-state index < -0.39 is 5.97 Å². The molecule has 0 saturated heterocycles. The summed E-state index contributed by atoms with van der Waals surface area (Å²) in [4.78, 5) is 15.7. The number of rotatable bonds is 6. The lowest BCUT2D eigenvalue weighted by atomic mass is 10.2. The zero-order valence-electron chi connectivity index (χ0n) is 12.1. The van der Waals surface area contributed by atoms with Gasteiger partial charge in [0.1, 0.15) is 5.82 Å². The minimum absolute atomic E-state index is 0.276. The highest BCUT2D eigenvalue weighted by Crippen LogP contribution is 2.40. The maximum Gasteiger partial charge on any atom is 0.335 e. The molecule has 0 amide bonds. The number of aromatic carboxylic acids is 1.